The summed E-state index contributed by atoms with van der Waals surface area (Å²) in [5.41, 5.74) is 2.59. The van der Waals surface area contributed by atoms with E-state index >= 15 is 0 Å². The molecule has 0 saturated carbocycles. The summed E-state index contributed by atoms with van der Waals surface area (Å²) in [5, 5.41) is 9.55. The van der Waals surface area contributed by atoms with Crippen molar-refractivity contribution in [1.29, 1.82) is 0 Å². The average Bonchev–Trinajstić information content (AvgIpc) is 2.44. The minimum absolute atomic E-state index is 0.208. The van der Waals surface area contributed by atoms with Crippen LogP contribution in [0, 0.1) is 0 Å². The molecule has 2 unspecified atom stereocenters. The summed E-state index contributed by atoms with van der Waals surface area (Å²) in [4.78, 5) is 6.65. The van der Waals surface area contributed by atoms with Gasteiger partial charge >= 0.3 is 0 Å². The molecule has 3 nitrogen and oxygen atoms in total. The fraction of sp³-hybridized carbons (Fsp3) is 0.700. The normalized spacial score (nSPS) is 33.5. The zero-order valence-electron chi connectivity index (χ0n) is 8.41. The third kappa shape index (κ3) is 1.27. The van der Waals surface area contributed by atoms with Crippen LogP contribution in [-0.2, 0) is 0 Å². The number of aliphatic imine (C=N–C) groups is 1. The van der Waals surface area contributed by atoms with Crippen molar-refractivity contribution in [3.63, 3.8) is 0 Å². The molecule has 2 atom stereocenters. The summed E-state index contributed by atoms with van der Waals surface area (Å²) in [7, 11) is 0. The van der Waals surface area contributed by atoms with Crippen LogP contribution in [0.25, 0.3) is 0 Å². The average molecular weight is 180 g/mol. The summed E-state index contributed by atoms with van der Waals surface area (Å²) in [6.45, 7) is 6.95. The molecule has 0 amide bonds. The molecule has 2 rings (SSSR count). The summed E-state index contributed by atoms with van der Waals surface area (Å²) < 4.78 is 0. The van der Waals surface area contributed by atoms with Gasteiger partial charge in [-0.2, -0.15) is 0 Å². The molecule has 1 N–H and O–H groups in total. The Morgan fingerprint density at radius 1 is 1.46 bits per heavy atom. The van der Waals surface area contributed by atoms with Crippen molar-refractivity contribution in [3.05, 3.63) is 11.3 Å². The van der Waals surface area contributed by atoms with Gasteiger partial charge in [0, 0.05) is 12.1 Å². The lowest BCUT2D eigenvalue weighted by Crippen LogP contribution is -2.32. The van der Waals surface area contributed by atoms with Gasteiger partial charge in [-0.25, -0.2) is 0 Å². The van der Waals surface area contributed by atoms with Gasteiger partial charge in [-0.3, -0.25) is 4.99 Å². The SMILES string of the molecule is CC1=NC(C)C(C)=C2CC(O)CN12. The summed E-state index contributed by atoms with van der Waals surface area (Å²) >= 11 is 0. The molecule has 13 heavy (non-hydrogen) atoms. The monoisotopic (exact) mass is 180 g/mol. The van der Waals surface area contributed by atoms with Crippen molar-refractivity contribution < 1.29 is 5.11 Å². The molecule has 1 saturated heterocycles. The van der Waals surface area contributed by atoms with Crippen molar-refractivity contribution >= 4 is 5.84 Å². The molecule has 3 heteroatoms. The lowest BCUT2D eigenvalue weighted by Gasteiger charge is -2.28. The largest absolute Gasteiger partial charge is 0.391 e. The molecule has 2 aliphatic heterocycles. The summed E-state index contributed by atoms with van der Waals surface area (Å²) in [6, 6.07) is 0.288. The van der Waals surface area contributed by atoms with Crippen molar-refractivity contribution in [3.8, 4) is 0 Å². The van der Waals surface area contributed by atoms with Crippen LogP contribution >= 0.6 is 0 Å². The lowest BCUT2D eigenvalue weighted by atomic mass is 10.1. The maximum Gasteiger partial charge on any atom is 0.101 e. The Bertz CT molecular complexity index is 293. The maximum absolute atomic E-state index is 9.55. The van der Waals surface area contributed by atoms with Gasteiger partial charge in [0.1, 0.15) is 5.84 Å². The van der Waals surface area contributed by atoms with Gasteiger partial charge in [0.05, 0.1) is 18.7 Å². The Balaban J connectivity index is 2.37. The first-order chi connectivity index (χ1) is 6.09. The number of fused-ring (bicyclic) bond motifs is 1. The zero-order valence-corrected chi connectivity index (χ0v) is 8.41. The van der Waals surface area contributed by atoms with E-state index in [2.05, 4.69) is 23.7 Å². The van der Waals surface area contributed by atoms with Crippen molar-refractivity contribution in [1.82, 2.24) is 4.90 Å². The van der Waals surface area contributed by atoms with Crippen LogP contribution in [0.4, 0.5) is 0 Å². The second-order valence-electron chi connectivity index (χ2n) is 3.95. The van der Waals surface area contributed by atoms with Crippen molar-refractivity contribution in [2.24, 2.45) is 4.99 Å². The van der Waals surface area contributed by atoms with Gasteiger partial charge in [-0.15, -0.1) is 0 Å². The molecule has 2 aliphatic rings. The van der Waals surface area contributed by atoms with Crippen LogP contribution in [0.2, 0.25) is 0 Å². The van der Waals surface area contributed by atoms with E-state index in [1.54, 1.807) is 0 Å². The number of aliphatic hydroxyl groups is 1. The Morgan fingerprint density at radius 2 is 2.15 bits per heavy atom. The first-order valence-electron chi connectivity index (χ1n) is 4.79. The van der Waals surface area contributed by atoms with E-state index in [-0.39, 0.29) is 12.1 Å². The van der Waals surface area contributed by atoms with Crippen molar-refractivity contribution in [2.75, 3.05) is 6.54 Å². The van der Waals surface area contributed by atoms with Crippen LogP contribution in [0.3, 0.4) is 0 Å². The Hall–Kier alpha value is -0.830. The second kappa shape index (κ2) is 2.84. The highest BCUT2D eigenvalue weighted by molar-refractivity contribution is 5.83. The number of hydrogen-bond acceptors (Lipinski definition) is 3. The third-order valence-electron chi connectivity index (χ3n) is 3.00. The third-order valence-corrected chi connectivity index (χ3v) is 3.00. The molecule has 2 heterocycles. The summed E-state index contributed by atoms with van der Waals surface area (Å²) in [5.74, 6) is 1.05. The van der Waals surface area contributed by atoms with Crippen LogP contribution in [0.1, 0.15) is 27.2 Å². The summed E-state index contributed by atoms with van der Waals surface area (Å²) in [6.07, 6.45) is 0.587. The highest BCUT2D eigenvalue weighted by Crippen LogP contribution is 2.30. The highest BCUT2D eigenvalue weighted by atomic mass is 16.3. The van der Waals surface area contributed by atoms with Crippen LogP contribution in [-0.4, -0.2) is 34.5 Å². The smallest absolute Gasteiger partial charge is 0.101 e. The minimum Gasteiger partial charge on any atom is -0.391 e. The zero-order chi connectivity index (χ0) is 9.59. The standard InChI is InChI=1S/C10H16N2O/c1-6-7(2)11-8(3)12-5-9(13)4-10(6)12/h7,9,13H,4-5H2,1-3H3. The predicted molar refractivity (Wildman–Crippen MR) is 52.6 cm³/mol. The topological polar surface area (TPSA) is 35.8 Å². The van der Waals surface area contributed by atoms with Gasteiger partial charge in [0.25, 0.3) is 0 Å². The first-order valence-corrected chi connectivity index (χ1v) is 4.79. The number of rotatable bonds is 0. The van der Waals surface area contributed by atoms with Crippen molar-refractivity contribution in [2.45, 2.75) is 39.3 Å². The Kier molecular flexibility index (Phi) is 1.91. The van der Waals surface area contributed by atoms with E-state index in [9.17, 15) is 5.11 Å². The van der Waals surface area contributed by atoms with Gasteiger partial charge in [0.15, 0.2) is 0 Å². The van der Waals surface area contributed by atoms with E-state index in [1.807, 2.05) is 6.92 Å². The predicted octanol–water partition coefficient (Wildman–Crippen LogP) is 1.15. The minimum atomic E-state index is -0.208. The second-order valence-corrected chi connectivity index (χ2v) is 3.95. The molecule has 1 fully saturated rings. The van der Waals surface area contributed by atoms with Crippen LogP contribution in [0.5, 0.6) is 0 Å². The molecule has 0 spiro atoms. The molecule has 0 aromatic heterocycles. The molecular weight excluding hydrogens is 164 g/mol. The lowest BCUT2D eigenvalue weighted by molar-refractivity contribution is 0.188. The molecule has 0 bridgehead atoms. The highest BCUT2D eigenvalue weighted by Gasteiger charge is 2.31. The maximum atomic E-state index is 9.55. The van der Waals surface area contributed by atoms with Crippen LogP contribution < -0.4 is 0 Å². The molecule has 0 aromatic carbocycles. The van der Waals surface area contributed by atoms with E-state index in [0.29, 0.717) is 6.54 Å². The number of hydrogen-bond donors (Lipinski definition) is 1. The van der Waals surface area contributed by atoms with E-state index in [4.69, 9.17) is 0 Å². The Labute approximate surface area is 78.8 Å². The fourth-order valence-corrected chi connectivity index (χ4v) is 2.11. The van der Waals surface area contributed by atoms with E-state index in [1.165, 1.54) is 11.3 Å². The van der Waals surface area contributed by atoms with Gasteiger partial charge in [-0.05, 0) is 26.3 Å². The van der Waals surface area contributed by atoms with Gasteiger partial charge < -0.3 is 10.0 Å². The molecule has 0 radical (unpaired) electrons. The van der Waals surface area contributed by atoms with Gasteiger partial charge in [0.2, 0.25) is 0 Å². The van der Waals surface area contributed by atoms with E-state index < -0.39 is 0 Å². The molecule has 0 aromatic rings. The molecule has 0 aliphatic carbocycles. The fourth-order valence-electron chi connectivity index (χ4n) is 2.11. The van der Waals surface area contributed by atoms with Gasteiger partial charge in [-0.1, -0.05) is 0 Å². The Morgan fingerprint density at radius 3 is 2.85 bits per heavy atom. The molecular formula is C10H16N2O. The quantitative estimate of drug-likeness (QED) is 0.607. The number of amidine groups is 1. The number of nitrogens with zero attached hydrogens (tertiary/aromatic N) is 2. The van der Waals surface area contributed by atoms with Crippen LogP contribution in [0.15, 0.2) is 16.3 Å². The first kappa shape index (κ1) is 8.75. The molecule has 72 valence electrons. The van der Waals surface area contributed by atoms with E-state index in [0.717, 1.165) is 12.3 Å². The number of aliphatic hydroxyl groups excluding tert-OH is 1.